The van der Waals surface area contributed by atoms with Crippen LogP contribution in [-0.2, 0) is 0 Å². The second kappa shape index (κ2) is 9.07. The van der Waals surface area contributed by atoms with E-state index in [1.807, 2.05) is 12.1 Å². The van der Waals surface area contributed by atoms with Crippen molar-refractivity contribution >= 4 is 19.1 Å². The van der Waals surface area contributed by atoms with E-state index < -0.39 is 0 Å². The second-order valence-electron chi connectivity index (χ2n) is 7.50. The van der Waals surface area contributed by atoms with Crippen molar-refractivity contribution in [2.75, 3.05) is 36.0 Å². The maximum atomic E-state index is 5.86. The number of piperidine rings is 2. The Balaban J connectivity index is 1.32. The minimum atomic E-state index is 0.229. The minimum Gasteiger partial charge on any atom is -0.528 e. The van der Waals surface area contributed by atoms with E-state index in [0.29, 0.717) is 0 Å². The fourth-order valence-electron chi connectivity index (χ4n) is 4.01. The largest absolute Gasteiger partial charge is 0.576 e. The molecule has 0 bridgehead atoms. The number of hydrogen-bond donors (Lipinski definition) is 0. The molecule has 2 fully saturated rings. The van der Waals surface area contributed by atoms with E-state index in [0.717, 1.165) is 37.7 Å². The number of anilines is 2. The summed E-state index contributed by atoms with van der Waals surface area (Å²) in [5.41, 5.74) is 2.50. The molecule has 0 spiro atoms. The molecule has 0 N–H and O–H groups in total. The van der Waals surface area contributed by atoms with Gasteiger partial charge in [-0.3, -0.25) is 0 Å². The third-order valence-electron chi connectivity index (χ3n) is 5.53. The van der Waals surface area contributed by atoms with Crippen LogP contribution in [-0.4, -0.2) is 33.9 Å². The van der Waals surface area contributed by atoms with Crippen molar-refractivity contribution in [2.24, 2.45) is 0 Å². The first-order chi connectivity index (χ1) is 13.4. The van der Waals surface area contributed by atoms with Gasteiger partial charge in [-0.15, -0.1) is 0 Å². The molecule has 4 rings (SSSR count). The fraction of sp³-hybridized carbons (Fsp3) is 0.455. The molecule has 5 heteroatoms. The topological polar surface area (TPSA) is 24.9 Å². The van der Waals surface area contributed by atoms with Crippen LogP contribution in [0.2, 0.25) is 0 Å². The van der Waals surface area contributed by atoms with Crippen LogP contribution in [0.4, 0.5) is 11.4 Å². The first kappa shape index (κ1) is 18.1. The molecule has 2 aliphatic heterocycles. The Bertz CT molecular complexity index is 666. The van der Waals surface area contributed by atoms with Gasteiger partial charge in [0.25, 0.3) is 0 Å². The van der Waals surface area contributed by atoms with Crippen LogP contribution in [0.15, 0.2) is 48.5 Å². The first-order valence-corrected chi connectivity index (χ1v) is 10.3. The van der Waals surface area contributed by atoms with Crippen LogP contribution >= 0.6 is 0 Å². The molecule has 0 aliphatic carbocycles. The van der Waals surface area contributed by atoms with E-state index in [1.165, 1.54) is 49.9 Å². The molecule has 2 heterocycles. The molecule has 4 nitrogen and oxygen atoms in total. The van der Waals surface area contributed by atoms with Crippen molar-refractivity contribution in [1.82, 2.24) is 0 Å². The molecule has 0 aromatic heterocycles. The van der Waals surface area contributed by atoms with E-state index in [4.69, 9.17) is 9.31 Å². The predicted octanol–water partition coefficient (Wildman–Crippen LogP) is 4.39. The van der Waals surface area contributed by atoms with Gasteiger partial charge in [0.05, 0.1) is 0 Å². The minimum absolute atomic E-state index is 0.229. The van der Waals surface area contributed by atoms with Gasteiger partial charge < -0.3 is 19.1 Å². The van der Waals surface area contributed by atoms with Gasteiger partial charge in [-0.2, -0.15) is 0 Å². The third-order valence-corrected chi connectivity index (χ3v) is 5.53. The molecule has 2 aromatic rings. The highest BCUT2D eigenvalue weighted by molar-refractivity contribution is 6.20. The molecule has 2 aliphatic rings. The van der Waals surface area contributed by atoms with E-state index in [1.54, 1.807) is 0 Å². The highest BCUT2D eigenvalue weighted by Crippen LogP contribution is 2.26. The van der Waals surface area contributed by atoms with Gasteiger partial charge in [0.15, 0.2) is 0 Å². The summed E-state index contributed by atoms with van der Waals surface area (Å²) in [4.78, 5) is 4.89. The Hall–Kier alpha value is -2.30. The molecular weight excluding hydrogens is 335 g/mol. The number of rotatable bonds is 6. The summed E-state index contributed by atoms with van der Waals surface area (Å²) < 4.78 is 11.7. The molecule has 27 heavy (non-hydrogen) atoms. The quantitative estimate of drug-likeness (QED) is 0.710. The van der Waals surface area contributed by atoms with Crippen molar-refractivity contribution in [3.63, 3.8) is 0 Å². The normalized spacial score (nSPS) is 17.5. The van der Waals surface area contributed by atoms with Gasteiger partial charge in [0.1, 0.15) is 11.5 Å². The van der Waals surface area contributed by atoms with E-state index >= 15 is 0 Å². The van der Waals surface area contributed by atoms with Crippen LogP contribution in [0.1, 0.15) is 38.5 Å². The molecule has 0 atom stereocenters. The van der Waals surface area contributed by atoms with E-state index in [2.05, 4.69) is 46.2 Å². The Morgan fingerprint density at radius 2 is 1.04 bits per heavy atom. The summed E-state index contributed by atoms with van der Waals surface area (Å²) in [5, 5.41) is 0. The number of nitrogens with zero attached hydrogens (tertiary/aromatic N) is 2. The van der Waals surface area contributed by atoms with Crippen molar-refractivity contribution in [1.29, 1.82) is 0 Å². The Labute approximate surface area is 163 Å². The van der Waals surface area contributed by atoms with Crippen molar-refractivity contribution < 1.29 is 9.31 Å². The van der Waals surface area contributed by atoms with E-state index in [9.17, 15) is 0 Å². The maximum absolute atomic E-state index is 5.86. The second-order valence-corrected chi connectivity index (χ2v) is 7.50. The lowest BCUT2D eigenvalue weighted by Crippen LogP contribution is -2.29. The monoisotopic (exact) mass is 364 g/mol. The Morgan fingerprint density at radius 1 is 0.593 bits per heavy atom. The Kier molecular flexibility index (Phi) is 6.08. The molecule has 2 saturated heterocycles. The lowest BCUT2D eigenvalue weighted by molar-refractivity contribution is 0.458. The van der Waals surface area contributed by atoms with Crippen molar-refractivity contribution in [3.8, 4) is 11.5 Å². The molecule has 0 unspecified atom stereocenters. The summed E-state index contributed by atoms with van der Waals surface area (Å²) in [6.45, 7) is 4.57. The van der Waals surface area contributed by atoms with Gasteiger partial charge in [-0.1, -0.05) is 12.1 Å². The van der Waals surface area contributed by atoms with Crippen LogP contribution in [0.3, 0.4) is 0 Å². The van der Waals surface area contributed by atoms with E-state index in [-0.39, 0.29) is 7.69 Å². The average molecular weight is 364 g/mol. The highest BCUT2D eigenvalue weighted by Gasteiger charge is 2.13. The van der Waals surface area contributed by atoms with Crippen molar-refractivity contribution in [2.45, 2.75) is 38.5 Å². The van der Waals surface area contributed by atoms with Crippen LogP contribution in [0.5, 0.6) is 11.5 Å². The van der Waals surface area contributed by atoms with Crippen LogP contribution in [0.25, 0.3) is 0 Å². The van der Waals surface area contributed by atoms with Crippen molar-refractivity contribution in [3.05, 3.63) is 48.5 Å². The summed E-state index contributed by atoms with van der Waals surface area (Å²) >= 11 is 0. The fourth-order valence-corrected chi connectivity index (χ4v) is 4.01. The summed E-state index contributed by atoms with van der Waals surface area (Å²) in [6, 6.07) is 16.7. The number of benzene rings is 2. The molecule has 2 aromatic carbocycles. The lowest BCUT2D eigenvalue weighted by Gasteiger charge is -2.29. The average Bonchev–Trinajstić information content (AvgIpc) is 2.75. The SMILES string of the molecule is B(Oc1cccc(N2CCCCC2)c1)Oc1cccc(N2CCCCC2)c1. The Morgan fingerprint density at radius 3 is 1.48 bits per heavy atom. The first-order valence-electron chi connectivity index (χ1n) is 10.3. The zero-order chi connectivity index (χ0) is 18.3. The zero-order valence-electron chi connectivity index (χ0n) is 16.1. The van der Waals surface area contributed by atoms with Gasteiger partial charge in [-0.25, -0.2) is 0 Å². The standard InChI is InChI=1S/C22H29BN2O2/c1-3-13-24(14-4-1)19-9-7-11-21(17-19)26-23-27-22-12-8-10-20(18-22)25-15-5-2-6-16-25/h7-12,17-18,23H,1-6,13-16H2. The molecule has 142 valence electrons. The smallest absolute Gasteiger partial charge is 0.528 e. The zero-order valence-corrected chi connectivity index (χ0v) is 16.1. The molecule has 0 amide bonds. The summed E-state index contributed by atoms with van der Waals surface area (Å²) in [5.74, 6) is 1.73. The van der Waals surface area contributed by atoms with Gasteiger partial charge in [0, 0.05) is 49.7 Å². The lowest BCUT2D eigenvalue weighted by atomic mass is 10.1. The van der Waals surface area contributed by atoms with Crippen LogP contribution in [0, 0.1) is 0 Å². The molecule has 0 radical (unpaired) electrons. The highest BCUT2D eigenvalue weighted by atomic mass is 16.6. The maximum Gasteiger partial charge on any atom is 0.576 e. The number of hydrogen-bond acceptors (Lipinski definition) is 4. The van der Waals surface area contributed by atoms with Gasteiger partial charge in [0.2, 0.25) is 0 Å². The summed E-state index contributed by atoms with van der Waals surface area (Å²) in [6.07, 6.45) is 7.81. The van der Waals surface area contributed by atoms with Crippen LogP contribution < -0.4 is 19.1 Å². The predicted molar refractivity (Wildman–Crippen MR) is 113 cm³/mol. The van der Waals surface area contributed by atoms with Gasteiger partial charge in [-0.05, 0) is 62.8 Å². The summed E-state index contributed by atoms with van der Waals surface area (Å²) in [7, 11) is 0.229. The molecular formula is C22H29BN2O2. The van der Waals surface area contributed by atoms with Gasteiger partial charge >= 0.3 is 7.69 Å². The third kappa shape index (κ3) is 4.91. The molecule has 0 saturated carbocycles.